The molecule has 3 amide bonds. The molecule has 0 spiro atoms. The van der Waals surface area contributed by atoms with Gasteiger partial charge in [-0.15, -0.1) is 0 Å². The van der Waals surface area contributed by atoms with E-state index in [1.807, 2.05) is 12.1 Å². The summed E-state index contributed by atoms with van der Waals surface area (Å²) in [7, 11) is 1.53. The van der Waals surface area contributed by atoms with Crippen molar-refractivity contribution >= 4 is 34.9 Å². The Morgan fingerprint density at radius 2 is 1.91 bits per heavy atom. The van der Waals surface area contributed by atoms with E-state index in [2.05, 4.69) is 4.98 Å². The summed E-state index contributed by atoms with van der Waals surface area (Å²) < 4.78 is 16.5. The van der Waals surface area contributed by atoms with Crippen molar-refractivity contribution in [1.29, 1.82) is 0 Å². The highest BCUT2D eigenvalue weighted by Crippen LogP contribution is 2.34. The molecule has 2 saturated heterocycles. The van der Waals surface area contributed by atoms with Crippen LogP contribution in [0.15, 0.2) is 47.6 Å². The van der Waals surface area contributed by atoms with Crippen LogP contribution in [0.3, 0.4) is 0 Å². The SMILES string of the molecule is COc1cc(C=C2SC(=O)N(CC(=O)N3CCOCC3)C2=O)ccc1OCc1ccncc1. The molecule has 2 fully saturated rings. The number of amides is 3. The molecule has 0 atom stereocenters. The number of aromatic nitrogens is 1. The molecule has 0 bridgehead atoms. The maximum Gasteiger partial charge on any atom is 0.294 e. The Hall–Kier alpha value is -3.37. The Bertz CT molecular complexity index is 1070. The van der Waals surface area contributed by atoms with Crippen molar-refractivity contribution in [2.75, 3.05) is 40.0 Å². The third-order valence-corrected chi connectivity index (χ3v) is 6.07. The Labute approximate surface area is 195 Å². The number of nitrogens with zero attached hydrogens (tertiary/aromatic N) is 3. The number of thioether (sulfide) groups is 1. The first kappa shape index (κ1) is 22.8. The van der Waals surface area contributed by atoms with E-state index >= 15 is 0 Å². The van der Waals surface area contributed by atoms with Gasteiger partial charge in [-0.2, -0.15) is 0 Å². The lowest BCUT2D eigenvalue weighted by molar-refractivity contribution is -0.139. The van der Waals surface area contributed by atoms with Crippen LogP contribution in [0.4, 0.5) is 4.79 Å². The Morgan fingerprint density at radius 1 is 1.15 bits per heavy atom. The van der Waals surface area contributed by atoms with E-state index in [-0.39, 0.29) is 17.4 Å². The highest BCUT2D eigenvalue weighted by molar-refractivity contribution is 8.18. The van der Waals surface area contributed by atoms with Gasteiger partial charge >= 0.3 is 0 Å². The zero-order valence-corrected chi connectivity index (χ0v) is 18.9. The minimum Gasteiger partial charge on any atom is -0.493 e. The molecule has 4 rings (SSSR count). The monoisotopic (exact) mass is 469 g/mol. The molecular formula is C23H23N3O6S. The fourth-order valence-corrected chi connectivity index (χ4v) is 4.21. The van der Waals surface area contributed by atoms with E-state index in [0.717, 1.165) is 22.2 Å². The summed E-state index contributed by atoms with van der Waals surface area (Å²) in [5.74, 6) is 0.304. The van der Waals surface area contributed by atoms with Crippen LogP contribution >= 0.6 is 11.8 Å². The minimum atomic E-state index is -0.483. The Kier molecular flexibility index (Phi) is 7.26. The first-order valence-corrected chi connectivity index (χ1v) is 11.2. The zero-order chi connectivity index (χ0) is 23.2. The summed E-state index contributed by atoms with van der Waals surface area (Å²) in [6, 6.07) is 8.98. The summed E-state index contributed by atoms with van der Waals surface area (Å²) in [6.07, 6.45) is 5.00. The molecule has 0 saturated carbocycles. The van der Waals surface area contributed by atoms with Gasteiger partial charge in [0.25, 0.3) is 11.1 Å². The lowest BCUT2D eigenvalue weighted by Gasteiger charge is -2.28. The predicted octanol–water partition coefficient (Wildman–Crippen LogP) is 2.56. The number of methoxy groups -OCH3 is 1. The molecule has 0 N–H and O–H groups in total. The van der Waals surface area contributed by atoms with E-state index in [0.29, 0.717) is 50.0 Å². The molecule has 1 aromatic heterocycles. The van der Waals surface area contributed by atoms with Gasteiger partial charge in [0.05, 0.1) is 25.2 Å². The van der Waals surface area contributed by atoms with Crippen LogP contribution in [-0.2, 0) is 20.9 Å². The normalized spacial score (nSPS) is 17.5. The quantitative estimate of drug-likeness (QED) is 0.571. The average Bonchev–Trinajstić information content (AvgIpc) is 3.11. The van der Waals surface area contributed by atoms with E-state index in [9.17, 15) is 14.4 Å². The van der Waals surface area contributed by atoms with E-state index in [1.165, 1.54) is 7.11 Å². The van der Waals surface area contributed by atoms with Crippen molar-refractivity contribution in [2.45, 2.75) is 6.61 Å². The maximum atomic E-state index is 12.8. The van der Waals surface area contributed by atoms with Crippen LogP contribution in [0.2, 0.25) is 0 Å². The smallest absolute Gasteiger partial charge is 0.294 e. The van der Waals surface area contributed by atoms with Crippen LogP contribution in [-0.4, -0.2) is 71.8 Å². The molecule has 33 heavy (non-hydrogen) atoms. The molecule has 0 radical (unpaired) electrons. The summed E-state index contributed by atoms with van der Waals surface area (Å²) in [5, 5.41) is -0.461. The number of hydrogen-bond acceptors (Lipinski definition) is 8. The molecule has 3 heterocycles. The minimum absolute atomic E-state index is 0.252. The molecule has 10 heteroatoms. The number of carbonyl (C=O) groups excluding carboxylic acids is 3. The highest BCUT2D eigenvalue weighted by atomic mass is 32.2. The second-order valence-corrected chi connectivity index (χ2v) is 8.31. The number of morpholine rings is 1. The van der Waals surface area contributed by atoms with Crippen molar-refractivity contribution in [2.24, 2.45) is 0 Å². The van der Waals surface area contributed by atoms with Gasteiger partial charge in [0.1, 0.15) is 13.2 Å². The fraction of sp³-hybridized carbons (Fsp3) is 0.304. The number of imide groups is 1. The summed E-state index contributed by atoms with van der Waals surface area (Å²) in [6.45, 7) is 1.91. The lowest BCUT2D eigenvalue weighted by Crippen LogP contribution is -2.46. The largest absolute Gasteiger partial charge is 0.493 e. The van der Waals surface area contributed by atoms with E-state index in [1.54, 1.807) is 41.6 Å². The molecule has 1 aromatic carbocycles. The molecule has 0 aliphatic carbocycles. The van der Waals surface area contributed by atoms with Gasteiger partial charge in [0.2, 0.25) is 5.91 Å². The third-order valence-electron chi connectivity index (χ3n) is 5.16. The second kappa shape index (κ2) is 10.5. The number of carbonyl (C=O) groups is 3. The van der Waals surface area contributed by atoms with Crippen LogP contribution in [0, 0.1) is 0 Å². The predicted molar refractivity (Wildman–Crippen MR) is 122 cm³/mol. The average molecular weight is 470 g/mol. The molecular weight excluding hydrogens is 446 g/mol. The van der Waals surface area contributed by atoms with Gasteiger partial charge in [-0.3, -0.25) is 24.3 Å². The topological polar surface area (TPSA) is 98.3 Å². The van der Waals surface area contributed by atoms with Gasteiger partial charge in [-0.25, -0.2) is 0 Å². The second-order valence-electron chi connectivity index (χ2n) is 7.32. The third kappa shape index (κ3) is 5.52. The van der Waals surface area contributed by atoms with Crippen LogP contribution in [0.25, 0.3) is 6.08 Å². The number of ether oxygens (including phenoxy) is 3. The first-order valence-electron chi connectivity index (χ1n) is 10.4. The van der Waals surface area contributed by atoms with Crippen molar-refractivity contribution in [1.82, 2.24) is 14.8 Å². The van der Waals surface area contributed by atoms with Gasteiger partial charge in [-0.05, 0) is 53.2 Å². The molecule has 2 aliphatic rings. The number of rotatable bonds is 7. The van der Waals surface area contributed by atoms with Gasteiger partial charge in [0.15, 0.2) is 11.5 Å². The Morgan fingerprint density at radius 3 is 2.64 bits per heavy atom. The maximum absolute atomic E-state index is 12.8. The summed E-state index contributed by atoms with van der Waals surface area (Å²) in [4.78, 5) is 44.4. The number of benzene rings is 1. The standard InChI is InChI=1S/C23H23N3O6S/c1-30-19-12-17(2-3-18(19)32-15-16-4-6-24-7-5-16)13-20-22(28)26(23(29)33-20)14-21(27)25-8-10-31-11-9-25/h2-7,12-13H,8-11,14-15H2,1H3. The number of pyridine rings is 1. The van der Waals surface area contributed by atoms with Gasteiger partial charge < -0.3 is 19.1 Å². The molecule has 9 nitrogen and oxygen atoms in total. The zero-order valence-electron chi connectivity index (χ0n) is 18.1. The van der Waals surface area contributed by atoms with E-state index < -0.39 is 11.1 Å². The van der Waals surface area contributed by atoms with Crippen LogP contribution in [0.5, 0.6) is 11.5 Å². The van der Waals surface area contributed by atoms with Gasteiger partial charge in [-0.1, -0.05) is 6.07 Å². The molecule has 2 aliphatic heterocycles. The number of hydrogen-bond donors (Lipinski definition) is 0. The molecule has 172 valence electrons. The van der Waals surface area contributed by atoms with E-state index in [4.69, 9.17) is 14.2 Å². The summed E-state index contributed by atoms with van der Waals surface area (Å²) in [5.41, 5.74) is 1.64. The van der Waals surface area contributed by atoms with Crippen molar-refractivity contribution in [3.63, 3.8) is 0 Å². The van der Waals surface area contributed by atoms with Crippen molar-refractivity contribution in [3.05, 3.63) is 58.8 Å². The molecule has 0 unspecified atom stereocenters. The van der Waals surface area contributed by atoms with Crippen LogP contribution < -0.4 is 9.47 Å². The molecule has 2 aromatic rings. The van der Waals surface area contributed by atoms with Gasteiger partial charge in [0, 0.05) is 25.5 Å². The van der Waals surface area contributed by atoms with Crippen molar-refractivity contribution in [3.8, 4) is 11.5 Å². The Balaban J connectivity index is 1.43. The summed E-state index contributed by atoms with van der Waals surface area (Å²) >= 11 is 0.816. The lowest BCUT2D eigenvalue weighted by atomic mass is 10.2. The first-order chi connectivity index (χ1) is 16.0. The highest BCUT2D eigenvalue weighted by Gasteiger charge is 2.37. The van der Waals surface area contributed by atoms with Crippen LogP contribution in [0.1, 0.15) is 11.1 Å². The van der Waals surface area contributed by atoms with Crippen molar-refractivity contribution < 1.29 is 28.6 Å². The fourth-order valence-electron chi connectivity index (χ4n) is 3.37.